The number of rotatable bonds is 1. The fourth-order valence-electron chi connectivity index (χ4n) is 3.07. The van der Waals surface area contributed by atoms with E-state index in [0.717, 1.165) is 19.4 Å². The minimum Gasteiger partial charge on any atom is -0.342 e. The first kappa shape index (κ1) is 16.0. The van der Waals surface area contributed by atoms with Crippen molar-refractivity contribution in [1.82, 2.24) is 9.80 Å². The lowest BCUT2D eigenvalue weighted by Crippen LogP contribution is -2.50. The summed E-state index contributed by atoms with van der Waals surface area (Å²) in [5.41, 5.74) is -0.400. The van der Waals surface area contributed by atoms with Crippen molar-refractivity contribution < 1.29 is 14.4 Å². The molecule has 0 aromatic carbocycles. The maximum atomic E-state index is 12.6. The topological polar surface area (TPSA) is 57.7 Å². The molecule has 21 heavy (non-hydrogen) atoms. The summed E-state index contributed by atoms with van der Waals surface area (Å²) in [6, 6.07) is 0. The Labute approximate surface area is 126 Å². The second-order valence-electron chi connectivity index (χ2n) is 7.20. The van der Waals surface area contributed by atoms with Gasteiger partial charge in [-0.3, -0.25) is 14.4 Å². The quantitative estimate of drug-likeness (QED) is 0.736. The lowest BCUT2D eigenvalue weighted by molar-refractivity contribution is -0.146. The van der Waals surface area contributed by atoms with Crippen LogP contribution < -0.4 is 0 Å². The van der Waals surface area contributed by atoms with Crippen LogP contribution in [0.25, 0.3) is 0 Å². The number of nitrogens with zero attached hydrogens (tertiary/aromatic N) is 2. The summed E-state index contributed by atoms with van der Waals surface area (Å²) in [4.78, 5) is 39.8. The number of carbonyl (C=O) groups excluding carboxylic acids is 3. The minimum atomic E-state index is -0.400. The van der Waals surface area contributed by atoms with Crippen molar-refractivity contribution in [3.05, 3.63) is 0 Å². The Morgan fingerprint density at radius 2 is 1.67 bits per heavy atom. The smallest absolute Gasteiger partial charge is 0.227 e. The first-order valence-corrected chi connectivity index (χ1v) is 7.89. The van der Waals surface area contributed by atoms with Crippen molar-refractivity contribution in [3.8, 4) is 0 Å². The summed E-state index contributed by atoms with van der Waals surface area (Å²) in [6.45, 7) is 8.10. The second kappa shape index (κ2) is 6.16. The molecule has 2 fully saturated rings. The van der Waals surface area contributed by atoms with Crippen molar-refractivity contribution in [1.29, 1.82) is 0 Å². The standard InChI is InChI=1S/C16H26N2O3/c1-16(2,3)15(21)18-8-4-5-12(11-18)14(20)17-9-6-13(19)7-10-17/h12H,4-11H2,1-3H3. The molecule has 0 aliphatic carbocycles. The molecule has 0 aromatic rings. The van der Waals surface area contributed by atoms with Gasteiger partial charge < -0.3 is 9.80 Å². The van der Waals surface area contributed by atoms with Crippen LogP contribution in [0, 0.1) is 11.3 Å². The number of carbonyl (C=O) groups is 3. The molecule has 1 unspecified atom stereocenters. The summed E-state index contributed by atoms with van der Waals surface area (Å²) in [5.74, 6) is 0.383. The van der Waals surface area contributed by atoms with E-state index in [4.69, 9.17) is 0 Å². The van der Waals surface area contributed by atoms with E-state index in [9.17, 15) is 14.4 Å². The fraction of sp³-hybridized carbons (Fsp3) is 0.812. The zero-order valence-corrected chi connectivity index (χ0v) is 13.4. The number of amides is 2. The zero-order valence-electron chi connectivity index (χ0n) is 13.4. The van der Waals surface area contributed by atoms with Crippen LogP contribution in [0.5, 0.6) is 0 Å². The van der Waals surface area contributed by atoms with Crippen molar-refractivity contribution >= 4 is 17.6 Å². The van der Waals surface area contributed by atoms with Crippen molar-refractivity contribution in [2.24, 2.45) is 11.3 Å². The van der Waals surface area contributed by atoms with E-state index in [1.54, 1.807) is 4.90 Å². The van der Waals surface area contributed by atoms with Crippen LogP contribution in [-0.2, 0) is 14.4 Å². The summed E-state index contributed by atoms with van der Waals surface area (Å²) < 4.78 is 0. The van der Waals surface area contributed by atoms with Gasteiger partial charge in [0, 0.05) is 44.4 Å². The SMILES string of the molecule is CC(C)(C)C(=O)N1CCCC(C(=O)N2CCC(=O)CC2)C1. The summed E-state index contributed by atoms with van der Waals surface area (Å²) in [7, 11) is 0. The molecule has 2 aliphatic heterocycles. The summed E-state index contributed by atoms with van der Waals surface area (Å²) in [6.07, 6.45) is 2.67. The van der Waals surface area contributed by atoms with Gasteiger partial charge in [-0.1, -0.05) is 20.8 Å². The average molecular weight is 294 g/mol. The number of piperidine rings is 2. The first-order chi connectivity index (χ1) is 9.79. The molecule has 0 spiro atoms. The maximum absolute atomic E-state index is 12.6. The van der Waals surface area contributed by atoms with Gasteiger partial charge in [-0.25, -0.2) is 0 Å². The zero-order chi connectivity index (χ0) is 15.6. The van der Waals surface area contributed by atoms with Crippen molar-refractivity contribution in [3.63, 3.8) is 0 Å². The molecule has 5 heteroatoms. The highest BCUT2D eigenvalue weighted by atomic mass is 16.2. The Bertz CT molecular complexity index is 429. The fourth-order valence-corrected chi connectivity index (χ4v) is 3.07. The maximum Gasteiger partial charge on any atom is 0.227 e. The molecule has 2 saturated heterocycles. The highest BCUT2D eigenvalue weighted by molar-refractivity contribution is 5.86. The third kappa shape index (κ3) is 3.83. The van der Waals surface area contributed by atoms with Gasteiger partial charge in [0.15, 0.2) is 0 Å². The second-order valence-corrected chi connectivity index (χ2v) is 7.20. The Balaban J connectivity index is 1.96. The number of hydrogen-bond acceptors (Lipinski definition) is 3. The van der Waals surface area contributed by atoms with Crippen molar-refractivity contribution in [2.75, 3.05) is 26.2 Å². The van der Waals surface area contributed by atoms with E-state index in [1.165, 1.54) is 0 Å². The van der Waals surface area contributed by atoms with E-state index in [0.29, 0.717) is 32.5 Å². The van der Waals surface area contributed by atoms with Crippen molar-refractivity contribution in [2.45, 2.75) is 46.5 Å². The largest absolute Gasteiger partial charge is 0.342 e. The lowest BCUT2D eigenvalue weighted by atomic mass is 9.90. The molecule has 0 bridgehead atoms. The van der Waals surface area contributed by atoms with Gasteiger partial charge in [-0.05, 0) is 12.8 Å². The van der Waals surface area contributed by atoms with Gasteiger partial charge in [-0.15, -0.1) is 0 Å². The van der Waals surface area contributed by atoms with E-state index in [1.807, 2.05) is 25.7 Å². The van der Waals surface area contributed by atoms with Crippen LogP contribution in [0.1, 0.15) is 46.5 Å². The molecule has 0 N–H and O–H groups in total. The van der Waals surface area contributed by atoms with E-state index in [-0.39, 0.29) is 23.5 Å². The van der Waals surface area contributed by atoms with E-state index in [2.05, 4.69) is 0 Å². The third-order valence-corrected chi connectivity index (χ3v) is 4.33. The van der Waals surface area contributed by atoms with Gasteiger partial charge >= 0.3 is 0 Å². The molecule has 1 atom stereocenters. The number of hydrogen-bond donors (Lipinski definition) is 0. The summed E-state index contributed by atoms with van der Waals surface area (Å²) >= 11 is 0. The Hall–Kier alpha value is -1.39. The Morgan fingerprint density at radius 3 is 2.24 bits per heavy atom. The van der Waals surface area contributed by atoms with E-state index < -0.39 is 5.41 Å². The van der Waals surface area contributed by atoms with Crippen LogP contribution in [0.3, 0.4) is 0 Å². The molecule has 2 rings (SSSR count). The number of likely N-dealkylation sites (tertiary alicyclic amines) is 2. The molecular formula is C16H26N2O3. The Kier molecular flexibility index (Phi) is 4.69. The molecular weight excluding hydrogens is 268 g/mol. The van der Waals surface area contributed by atoms with Gasteiger partial charge in [-0.2, -0.15) is 0 Å². The van der Waals surface area contributed by atoms with Crippen LogP contribution in [-0.4, -0.2) is 53.6 Å². The molecule has 0 radical (unpaired) electrons. The highest BCUT2D eigenvalue weighted by Crippen LogP contribution is 2.25. The normalized spacial score (nSPS) is 24.1. The van der Waals surface area contributed by atoms with Crippen LogP contribution in [0.2, 0.25) is 0 Å². The summed E-state index contributed by atoms with van der Waals surface area (Å²) in [5, 5.41) is 0. The highest BCUT2D eigenvalue weighted by Gasteiger charge is 2.35. The third-order valence-electron chi connectivity index (χ3n) is 4.33. The van der Waals surface area contributed by atoms with Crippen LogP contribution in [0.15, 0.2) is 0 Å². The number of ketones is 1. The minimum absolute atomic E-state index is 0.0988. The molecule has 0 saturated carbocycles. The lowest BCUT2D eigenvalue weighted by Gasteiger charge is -2.38. The molecule has 118 valence electrons. The van der Waals surface area contributed by atoms with Gasteiger partial charge in [0.1, 0.15) is 5.78 Å². The molecule has 2 amide bonds. The Morgan fingerprint density at radius 1 is 1.05 bits per heavy atom. The molecule has 2 aliphatic rings. The predicted molar refractivity (Wildman–Crippen MR) is 79.6 cm³/mol. The first-order valence-electron chi connectivity index (χ1n) is 7.89. The van der Waals surface area contributed by atoms with Crippen LogP contribution >= 0.6 is 0 Å². The average Bonchev–Trinajstić information content (AvgIpc) is 2.45. The van der Waals surface area contributed by atoms with Gasteiger partial charge in [0.25, 0.3) is 0 Å². The molecule has 5 nitrogen and oxygen atoms in total. The predicted octanol–water partition coefficient (Wildman–Crippen LogP) is 1.46. The van der Waals surface area contributed by atoms with Gasteiger partial charge in [0.2, 0.25) is 11.8 Å². The van der Waals surface area contributed by atoms with Gasteiger partial charge in [0.05, 0.1) is 5.92 Å². The molecule has 2 heterocycles. The monoisotopic (exact) mass is 294 g/mol. The van der Waals surface area contributed by atoms with Crippen LogP contribution in [0.4, 0.5) is 0 Å². The molecule has 0 aromatic heterocycles. The van der Waals surface area contributed by atoms with E-state index >= 15 is 0 Å². The number of Topliss-reactive ketones (excluding diaryl/α,β-unsaturated/α-hetero) is 1.